The molecule has 3 rings (SSSR count). The maximum absolute atomic E-state index is 13.3. The Kier molecular flexibility index (Phi) is 4.56. The van der Waals surface area contributed by atoms with Gasteiger partial charge in [0.1, 0.15) is 0 Å². The lowest BCUT2D eigenvalue weighted by Gasteiger charge is -2.28. The standard InChI is InChI=1S/C20H22F2/c1-2-14-3-5-15(6-4-14)16-7-9-17(10-8-16)18-11-12-19(21)20(22)13-18/h7-15H,2-6H2,1H3. The van der Waals surface area contributed by atoms with Gasteiger partial charge >= 0.3 is 0 Å². The fraction of sp³-hybridized carbons (Fsp3) is 0.400. The van der Waals surface area contributed by atoms with E-state index in [1.807, 2.05) is 12.1 Å². The molecule has 0 radical (unpaired) electrons. The predicted molar refractivity (Wildman–Crippen MR) is 86.8 cm³/mol. The lowest BCUT2D eigenvalue weighted by molar-refractivity contribution is 0.319. The van der Waals surface area contributed by atoms with Crippen molar-refractivity contribution in [2.45, 2.75) is 44.9 Å². The first-order valence-corrected chi connectivity index (χ1v) is 8.22. The van der Waals surface area contributed by atoms with Crippen molar-refractivity contribution in [2.24, 2.45) is 5.92 Å². The van der Waals surface area contributed by atoms with E-state index in [0.717, 1.165) is 17.0 Å². The first kappa shape index (κ1) is 15.2. The molecule has 0 heterocycles. The molecule has 116 valence electrons. The quantitative estimate of drug-likeness (QED) is 0.622. The number of hydrogen-bond acceptors (Lipinski definition) is 0. The van der Waals surface area contributed by atoms with E-state index in [2.05, 4.69) is 19.1 Å². The molecular weight excluding hydrogens is 278 g/mol. The molecule has 2 aromatic carbocycles. The maximum Gasteiger partial charge on any atom is 0.159 e. The Balaban J connectivity index is 1.74. The second-order valence-electron chi connectivity index (χ2n) is 6.38. The Bertz CT molecular complexity index is 623. The summed E-state index contributed by atoms with van der Waals surface area (Å²) in [6, 6.07) is 12.4. The van der Waals surface area contributed by atoms with Crippen LogP contribution in [0.15, 0.2) is 42.5 Å². The summed E-state index contributed by atoms with van der Waals surface area (Å²) in [5.74, 6) is -0.0352. The molecule has 0 unspecified atom stereocenters. The molecule has 1 fully saturated rings. The lowest BCUT2D eigenvalue weighted by Crippen LogP contribution is -2.12. The summed E-state index contributed by atoms with van der Waals surface area (Å²) in [4.78, 5) is 0. The van der Waals surface area contributed by atoms with Crippen LogP contribution in [0.2, 0.25) is 0 Å². The summed E-state index contributed by atoms with van der Waals surface area (Å²) >= 11 is 0. The molecule has 0 amide bonds. The zero-order chi connectivity index (χ0) is 15.5. The highest BCUT2D eigenvalue weighted by Crippen LogP contribution is 2.37. The summed E-state index contributed by atoms with van der Waals surface area (Å²) in [6.45, 7) is 2.28. The number of halogens is 2. The van der Waals surface area contributed by atoms with Gasteiger partial charge in [-0.05, 0) is 66.3 Å². The van der Waals surface area contributed by atoms with Crippen LogP contribution >= 0.6 is 0 Å². The molecular formula is C20H22F2. The van der Waals surface area contributed by atoms with Gasteiger partial charge in [-0.1, -0.05) is 43.7 Å². The van der Waals surface area contributed by atoms with Gasteiger partial charge in [-0.3, -0.25) is 0 Å². The van der Waals surface area contributed by atoms with Gasteiger partial charge in [0.15, 0.2) is 11.6 Å². The first-order chi connectivity index (χ1) is 10.7. The van der Waals surface area contributed by atoms with Crippen LogP contribution in [0.4, 0.5) is 8.78 Å². The van der Waals surface area contributed by atoms with Crippen molar-refractivity contribution in [1.29, 1.82) is 0 Å². The highest BCUT2D eigenvalue weighted by atomic mass is 19.2. The third kappa shape index (κ3) is 3.21. The summed E-state index contributed by atoms with van der Waals surface area (Å²) in [5.41, 5.74) is 3.03. The summed E-state index contributed by atoms with van der Waals surface area (Å²) in [7, 11) is 0. The molecule has 0 aliphatic heterocycles. The Hall–Kier alpha value is -1.70. The molecule has 2 heteroatoms. The van der Waals surface area contributed by atoms with Gasteiger partial charge in [-0.25, -0.2) is 8.78 Å². The molecule has 0 bridgehead atoms. The van der Waals surface area contributed by atoms with Crippen LogP contribution in [0.3, 0.4) is 0 Å². The van der Waals surface area contributed by atoms with Crippen LogP contribution in [0.5, 0.6) is 0 Å². The molecule has 0 atom stereocenters. The molecule has 2 aromatic rings. The highest BCUT2D eigenvalue weighted by molar-refractivity contribution is 5.63. The maximum atomic E-state index is 13.3. The molecule has 0 N–H and O–H groups in total. The summed E-state index contributed by atoms with van der Waals surface area (Å²) in [5, 5.41) is 0. The normalized spacial score (nSPS) is 21.8. The minimum Gasteiger partial charge on any atom is -0.204 e. The van der Waals surface area contributed by atoms with Crippen molar-refractivity contribution in [1.82, 2.24) is 0 Å². The van der Waals surface area contributed by atoms with Crippen molar-refractivity contribution < 1.29 is 8.78 Å². The van der Waals surface area contributed by atoms with Crippen molar-refractivity contribution in [3.63, 3.8) is 0 Å². The average Bonchev–Trinajstić information content (AvgIpc) is 2.58. The zero-order valence-electron chi connectivity index (χ0n) is 13.0. The third-order valence-electron chi connectivity index (χ3n) is 5.06. The second kappa shape index (κ2) is 6.60. The molecule has 1 aliphatic carbocycles. The van der Waals surface area contributed by atoms with Crippen LogP contribution in [-0.2, 0) is 0 Å². The molecule has 1 aliphatic rings. The van der Waals surface area contributed by atoms with Gasteiger partial charge in [0.25, 0.3) is 0 Å². The largest absolute Gasteiger partial charge is 0.204 e. The zero-order valence-corrected chi connectivity index (χ0v) is 13.0. The van der Waals surface area contributed by atoms with Crippen molar-refractivity contribution in [3.8, 4) is 11.1 Å². The SMILES string of the molecule is CCC1CCC(c2ccc(-c3ccc(F)c(F)c3)cc2)CC1. The Morgan fingerprint density at radius 1 is 0.818 bits per heavy atom. The summed E-state index contributed by atoms with van der Waals surface area (Å²) < 4.78 is 26.3. The van der Waals surface area contributed by atoms with Crippen LogP contribution in [0, 0.1) is 17.6 Å². The predicted octanol–water partition coefficient (Wildman–Crippen LogP) is 6.32. The average molecular weight is 300 g/mol. The van der Waals surface area contributed by atoms with Crippen LogP contribution in [0.25, 0.3) is 11.1 Å². The Morgan fingerprint density at radius 2 is 1.45 bits per heavy atom. The molecule has 22 heavy (non-hydrogen) atoms. The third-order valence-corrected chi connectivity index (χ3v) is 5.06. The van der Waals surface area contributed by atoms with Gasteiger partial charge in [-0.2, -0.15) is 0 Å². The molecule has 0 aromatic heterocycles. The van der Waals surface area contributed by atoms with E-state index in [1.54, 1.807) is 6.07 Å². The van der Waals surface area contributed by atoms with Gasteiger partial charge in [0, 0.05) is 0 Å². The number of hydrogen-bond donors (Lipinski definition) is 0. The monoisotopic (exact) mass is 300 g/mol. The van der Waals surface area contributed by atoms with E-state index < -0.39 is 11.6 Å². The van der Waals surface area contributed by atoms with Crippen molar-refractivity contribution in [3.05, 3.63) is 59.7 Å². The van der Waals surface area contributed by atoms with Crippen LogP contribution in [-0.4, -0.2) is 0 Å². The fourth-order valence-electron chi connectivity index (χ4n) is 3.53. The minimum absolute atomic E-state index is 0.654. The van der Waals surface area contributed by atoms with Crippen molar-refractivity contribution in [2.75, 3.05) is 0 Å². The van der Waals surface area contributed by atoms with Crippen molar-refractivity contribution >= 4 is 0 Å². The highest BCUT2D eigenvalue weighted by Gasteiger charge is 2.21. The molecule has 0 nitrogen and oxygen atoms in total. The number of rotatable bonds is 3. The van der Waals surface area contributed by atoms with Gasteiger partial charge in [-0.15, -0.1) is 0 Å². The van der Waals surface area contributed by atoms with Gasteiger partial charge in [0.05, 0.1) is 0 Å². The van der Waals surface area contributed by atoms with E-state index in [9.17, 15) is 8.78 Å². The lowest BCUT2D eigenvalue weighted by atomic mass is 9.77. The number of benzene rings is 2. The topological polar surface area (TPSA) is 0 Å². The summed E-state index contributed by atoms with van der Waals surface area (Å²) in [6.07, 6.45) is 6.48. The Morgan fingerprint density at radius 3 is 2.05 bits per heavy atom. The van der Waals surface area contributed by atoms with Crippen LogP contribution in [0.1, 0.15) is 50.5 Å². The second-order valence-corrected chi connectivity index (χ2v) is 6.38. The Labute approximate surface area is 131 Å². The smallest absolute Gasteiger partial charge is 0.159 e. The minimum atomic E-state index is -0.798. The fourth-order valence-corrected chi connectivity index (χ4v) is 3.53. The van der Waals surface area contributed by atoms with E-state index in [-0.39, 0.29) is 0 Å². The van der Waals surface area contributed by atoms with E-state index in [0.29, 0.717) is 5.92 Å². The molecule has 1 saturated carbocycles. The molecule has 0 saturated heterocycles. The van der Waals surface area contributed by atoms with E-state index in [1.165, 1.54) is 49.8 Å². The first-order valence-electron chi connectivity index (χ1n) is 8.22. The van der Waals surface area contributed by atoms with E-state index >= 15 is 0 Å². The van der Waals surface area contributed by atoms with Gasteiger partial charge in [0.2, 0.25) is 0 Å². The van der Waals surface area contributed by atoms with Gasteiger partial charge < -0.3 is 0 Å². The van der Waals surface area contributed by atoms with E-state index in [4.69, 9.17) is 0 Å². The van der Waals surface area contributed by atoms with Crippen LogP contribution < -0.4 is 0 Å². The molecule has 0 spiro atoms.